The van der Waals surface area contributed by atoms with E-state index in [9.17, 15) is 9.59 Å². The molecule has 4 rings (SSSR count). The highest BCUT2D eigenvalue weighted by Gasteiger charge is 2.20. The van der Waals surface area contributed by atoms with Crippen molar-refractivity contribution in [2.75, 3.05) is 30.8 Å². The molecule has 3 heterocycles. The van der Waals surface area contributed by atoms with Crippen LogP contribution in [0.4, 0.5) is 11.6 Å². The third kappa shape index (κ3) is 4.41. The average molecular weight is 438 g/mol. The molecule has 9 nitrogen and oxygen atoms in total. The van der Waals surface area contributed by atoms with E-state index in [1.165, 1.54) is 17.1 Å². The number of hydrogen-bond acceptors (Lipinski definition) is 6. The number of benzene rings is 1. The summed E-state index contributed by atoms with van der Waals surface area (Å²) >= 11 is 5.82. The fraction of sp³-hybridized carbons (Fsp3) is 0.190. The number of nitrogens with zero attached hydrogens (tertiary/aromatic N) is 5. The molecule has 31 heavy (non-hydrogen) atoms. The van der Waals surface area contributed by atoms with Gasteiger partial charge in [-0.1, -0.05) is 23.7 Å². The van der Waals surface area contributed by atoms with Gasteiger partial charge in [-0.2, -0.15) is 5.10 Å². The van der Waals surface area contributed by atoms with E-state index < -0.39 is 5.91 Å². The second-order valence-electron chi connectivity index (χ2n) is 7.00. The summed E-state index contributed by atoms with van der Waals surface area (Å²) in [5.41, 5.74) is 1.62. The Morgan fingerprint density at radius 1 is 1.00 bits per heavy atom. The van der Waals surface area contributed by atoms with Crippen molar-refractivity contribution in [3.8, 4) is 0 Å². The van der Waals surface area contributed by atoms with Gasteiger partial charge in [0.05, 0.1) is 17.8 Å². The van der Waals surface area contributed by atoms with E-state index in [1.54, 1.807) is 31.3 Å². The van der Waals surface area contributed by atoms with E-state index >= 15 is 0 Å². The summed E-state index contributed by atoms with van der Waals surface area (Å²) in [5, 5.41) is 9.99. The predicted molar refractivity (Wildman–Crippen MR) is 119 cm³/mol. The lowest BCUT2D eigenvalue weighted by atomic mass is 10.1. The highest BCUT2D eigenvalue weighted by molar-refractivity contribution is 6.30. The van der Waals surface area contributed by atoms with Crippen molar-refractivity contribution in [2.24, 2.45) is 12.0 Å². The number of pyridine rings is 1. The maximum atomic E-state index is 12.8. The fourth-order valence-electron chi connectivity index (χ4n) is 3.18. The number of carbonyl (C=O) groups is 2. The van der Waals surface area contributed by atoms with Crippen molar-refractivity contribution in [3.63, 3.8) is 0 Å². The molecule has 0 unspecified atom stereocenters. The Labute approximate surface area is 183 Å². The zero-order chi connectivity index (χ0) is 22.0. The molecule has 10 heteroatoms. The zero-order valence-electron chi connectivity index (χ0n) is 17.0. The van der Waals surface area contributed by atoms with E-state index in [2.05, 4.69) is 30.6 Å². The van der Waals surface area contributed by atoms with Crippen LogP contribution < -0.4 is 10.6 Å². The van der Waals surface area contributed by atoms with Gasteiger partial charge in [-0.05, 0) is 24.3 Å². The molecule has 1 aliphatic heterocycles. The number of aliphatic imine (C=N–C) groups is 1. The van der Waals surface area contributed by atoms with Crippen molar-refractivity contribution >= 4 is 40.9 Å². The van der Waals surface area contributed by atoms with Crippen LogP contribution in [-0.2, 0) is 7.05 Å². The molecule has 2 amide bonds. The number of amides is 2. The van der Waals surface area contributed by atoms with E-state index in [-0.39, 0.29) is 17.3 Å². The minimum Gasteiger partial charge on any atom is -0.358 e. The number of likely N-dealkylation sites (N-methyl/N-ethyl adjacent to an activating group) is 1. The van der Waals surface area contributed by atoms with Crippen molar-refractivity contribution in [2.45, 2.75) is 0 Å². The largest absolute Gasteiger partial charge is 0.358 e. The third-order valence-electron chi connectivity index (χ3n) is 4.85. The molecular weight excluding hydrogens is 418 g/mol. The standard InChI is InChI=1S/C21H20ClN7O2/c1-28-10-9-23-18(28)13-3-5-14(6-4-13)20(30)27-19-16(12-25-29(19)2)21(31)26-17-8-7-15(22)11-24-17/h3-8,11-12H,9-10H2,1-2H3,(H,27,30)(H,24,26,31). The van der Waals surface area contributed by atoms with Gasteiger partial charge in [-0.3, -0.25) is 19.3 Å². The lowest BCUT2D eigenvalue weighted by molar-refractivity contribution is 0.102. The van der Waals surface area contributed by atoms with Gasteiger partial charge < -0.3 is 15.5 Å². The lowest BCUT2D eigenvalue weighted by Gasteiger charge is -2.14. The third-order valence-corrected chi connectivity index (χ3v) is 5.07. The highest BCUT2D eigenvalue weighted by atomic mass is 35.5. The molecule has 0 radical (unpaired) electrons. The number of hydrogen-bond donors (Lipinski definition) is 2. The Bertz CT molecular complexity index is 1150. The van der Waals surface area contributed by atoms with Gasteiger partial charge in [-0.25, -0.2) is 4.98 Å². The first-order valence-corrected chi connectivity index (χ1v) is 9.92. The number of rotatable bonds is 5. The van der Waals surface area contributed by atoms with E-state index in [1.807, 2.05) is 19.2 Å². The van der Waals surface area contributed by atoms with Crippen LogP contribution in [0.3, 0.4) is 0 Å². The topological polar surface area (TPSA) is 105 Å². The molecule has 2 N–H and O–H groups in total. The van der Waals surface area contributed by atoms with Crippen molar-refractivity contribution in [3.05, 3.63) is 70.5 Å². The summed E-state index contributed by atoms with van der Waals surface area (Å²) < 4.78 is 1.43. The smallest absolute Gasteiger partial charge is 0.262 e. The Morgan fingerprint density at radius 2 is 1.77 bits per heavy atom. The van der Waals surface area contributed by atoms with Crippen molar-refractivity contribution < 1.29 is 9.59 Å². The summed E-state index contributed by atoms with van der Waals surface area (Å²) in [7, 11) is 3.63. The Morgan fingerprint density at radius 3 is 2.42 bits per heavy atom. The number of anilines is 2. The van der Waals surface area contributed by atoms with Crippen molar-refractivity contribution in [1.29, 1.82) is 0 Å². The molecule has 0 bridgehead atoms. The van der Waals surface area contributed by atoms with Gasteiger partial charge in [0.1, 0.15) is 23.0 Å². The molecule has 0 aliphatic carbocycles. The number of aromatic nitrogens is 3. The molecule has 0 fully saturated rings. The van der Waals surface area contributed by atoms with E-state index in [0.717, 1.165) is 24.5 Å². The van der Waals surface area contributed by atoms with Gasteiger partial charge >= 0.3 is 0 Å². The Hall–Kier alpha value is -3.72. The molecule has 0 saturated heterocycles. The summed E-state index contributed by atoms with van der Waals surface area (Å²) in [6.07, 6.45) is 2.82. The molecule has 3 aromatic rings. The quantitative estimate of drug-likeness (QED) is 0.638. The average Bonchev–Trinajstić information content (AvgIpc) is 3.35. The van der Waals surface area contributed by atoms with Gasteiger partial charge in [0.15, 0.2) is 0 Å². The van der Waals surface area contributed by atoms with E-state index in [4.69, 9.17) is 11.6 Å². The molecule has 0 saturated carbocycles. The van der Waals surface area contributed by atoms with Crippen LogP contribution in [0.1, 0.15) is 26.3 Å². The normalized spacial score (nSPS) is 13.1. The second-order valence-corrected chi connectivity index (χ2v) is 7.44. The van der Waals surface area contributed by atoms with Crippen LogP contribution in [0.2, 0.25) is 5.02 Å². The number of aryl methyl sites for hydroxylation is 1. The molecule has 1 aliphatic rings. The minimum atomic E-state index is -0.448. The van der Waals surface area contributed by atoms with Crippen LogP contribution in [0, 0.1) is 0 Å². The van der Waals surface area contributed by atoms with Crippen LogP contribution in [0.5, 0.6) is 0 Å². The highest BCUT2D eigenvalue weighted by Crippen LogP contribution is 2.19. The van der Waals surface area contributed by atoms with E-state index in [0.29, 0.717) is 16.4 Å². The summed E-state index contributed by atoms with van der Waals surface area (Å²) in [6, 6.07) is 10.4. The maximum absolute atomic E-state index is 12.8. The molecule has 0 atom stereocenters. The van der Waals surface area contributed by atoms with Crippen molar-refractivity contribution in [1.82, 2.24) is 19.7 Å². The number of carbonyl (C=O) groups excluding carboxylic acids is 2. The van der Waals surface area contributed by atoms with Gasteiger partial charge in [0, 0.05) is 38.0 Å². The number of nitrogens with one attached hydrogen (secondary N) is 2. The summed E-state index contributed by atoms with van der Waals surface area (Å²) in [6.45, 7) is 1.65. The van der Waals surface area contributed by atoms with Gasteiger partial charge in [0.25, 0.3) is 11.8 Å². The number of amidine groups is 1. The van der Waals surface area contributed by atoms with Crippen LogP contribution in [-0.4, -0.2) is 57.5 Å². The maximum Gasteiger partial charge on any atom is 0.262 e. The minimum absolute atomic E-state index is 0.214. The number of halogens is 1. The van der Waals surface area contributed by atoms with Crippen LogP contribution in [0.25, 0.3) is 0 Å². The molecule has 158 valence electrons. The van der Waals surface area contributed by atoms with Crippen LogP contribution in [0.15, 0.2) is 53.8 Å². The first-order valence-electron chi connectivity index (χ1n) is 9.54. The molecule has 2 aromatic heterocycles. The predicted octanol–water partition coefficient (Wildman–Crippen LogP) is 2.67. The lowest BCUT2D eigenvalue weighted by Crippen LogP contribution is -2.23. The molecular formula is C21H20ClN7O2. The second kappa shape index (κ2) is 8.57. The van der Waals surface area contributed by atoms with Gasteiger partial charge in [-0.15, -0.1) is 0 Å². The molecule has 1 aromatic carbocycles. The summed E-state index contributed by atoms with van der Waals surface area (Å²) in [4.78, 5) is 36.0. The first-order chi connectivity index (χ1) is 14.9. The Kier molecular flexibility index (Phi) is 5.68. The van der Waals surface area contributed by atoms with Gasteiger partial charge in [0.2, 0.25) is 0 Å². The first kappa shape index (κ1) is 20.5. The zero-order valence-corrected chi connectivity index (χ0v) is 17.7. The fourth-order valence-corrected chi connectivity index (χ4v) is 3.29. The SMILES string of the molecule is CN1CCN=C1c1ccc(C(=O)Nc2c(C(=O)Nc3ccc(Cl)cn3)cnn2C)cc1. The van der Waals surface area contributed by atoms with Crippen LogP contribution >= 0.6 is 11.6 Å². The monoisotopic (exact) mass is 437 g/mol. The summed E-state index contributed by atoms with van der Waals surface area (Å²) in [5.74, 6) is 0.728. The molecule has 0 spiro atoms. The Balaban J connectivity index is 1.49.